The molecule has 0 amide bonds. The highest BCUT2D eigenvalue weighted by Crippen LogP contribution is 2.07. The second-order valence-electron chi connectivity index (χ2n) is 3.62. The lowest BCUT2D eigenvalue weighted by atomic mass is 10.4. The fourth-order valence-electron chi connectivity index (χ4n) is 1.49. The van der Waals surface area contributed by atoms with Gasteiger partial charge in [0.2, 0.25) is 0 Å². The van der Waals surface area contributed by atoms with E-state index in [1.165, 1.54) is 0 Å². The van der Waals surface area contributed by atoms with Gasteiger partial charge in [-0.2, -0.15) is 0 Å². The normalized spacial score (nSPS) is 11.8. The van der Waals surface area contributed by atoms with E-state index in [0.29, 0.717) is 19.8 Å². The molecule has 0 aliphatic rings. The van der Waals surface area contributed by atoms with Gasteiger partial charge in [0.25, 0.3) is 0 Å². The molecule has 0 atom stereocenters. The molecule has 10 nitrogen and oxygen atoms in total. The smallest absolute Gasteiger partial charge is 0.361 e. The van der Waals surface area contributed by atoms with Crippen LogP contribution < -0.4 is 4.98 Å². The molecule has 0 radical (unpaired) electrons. The summed E-state index contributed by atoms with van der Waals surface area (Å²) in [5.41, 5.74) is 0. The lowest BCUT2D eigenvalue weighted by molar-refractivity contribution is -0.742. The van der Waals surface area contributed by atoms with E-state index in [-0.39, 0.29) is 13.0 Å². The van der Waals surface area contributed by atoms with Crippen molar-refractivity contribution in [3.8, 4) is 0 Å². The molecule has 1 N–H and O–H groups in total. The van der Waals surface area contributed by atoms with Crippen LogP contribution in [-0.4, -0.2) is 51.3 Å². The highest BCUT2D eigenvalue weighted by atomic mass is 28.4. The first-order chi connectivity index (χ1) is 9.42. The first kappa shape index (κ1) is 18.9. The van der Waals surface area contributed by atoms with Crippen LogP contribution in [0.25, 0.3) is 0 Å². The zero-order chi connectivity index (χ0) is 15.6. The summed E-state index contributed by atoms with van der Waals surface area (Å²) < 4.78 is 16.4. The van der Waals surface area contributed by atoms with Crippen molar-refractivity contribution < 1.29 is 23.1 Å². The van der Waals surface area contributed by atoms with E-state index in [1.54, 1.807) is 20.8 Å². The molecule has 0 saturated carbocycles. The van der Waals surface area contributed by atoms with Crippen molar-refractivity contribution in [1.82, 2.24) is 4.98 Å². The largest absolute Gasteiger partial charge is 0.596 e. The molecule has 0 heterocycles. The van der Waals surface area contributed by atoms with Crippen LogP contribution in [0.2, 0.25) is 0 Å². The Balaban J connectivity index is 4.58. The maximum Gasteiger partial charge on any atom is 0.596 e. The van der Waals surface area contributed by atoms with Crippen LogP contribution in [0, 0.1) is 20.2 Å². The van der Waals surface area contributed by atoms with E-state index in [1.807, 2.05) is 0 Å². The predicted octanol–water partition coefficient (Wildman–Crippen LogP) is 0.391. The summed E-state index contributed by atoms with van der Waals surface area (Å²) in [6.45, 7) is 6.31. The minimum Gasteiger partial charge on any atom is -0.361 e. The van der Waals surface area contributed by atoms with E-state index < -0.39 is 25.0 Å². The summed E-state index contributed by atoms with van der Waals surface area (Å²) in [6.07, 6.45) is -2.12. The number of nitro groups is 2. The summed E-state index contributed by atoms with van der Waals surface area (Å²) in [7, 11) is -3.13. The molecule has 20 heavy (non-hydrogen) atoms. The van der Waals surface area contributed by atoms with Crippen LogP contribution in [0.15, 0.2) is 0 Å². The third-order valence-corrected chi connectivity index (χ3v) is 4.92. The van der Waals surface area contributed by atoms with Crippen LogP contribution in [-0.2, 0) is 13.3 Å². The Morgan fingerprint density at radius 1 is 1.00 bits per heavy atom. The fraction of sp³-hybridized carbons (Fsp3) is 1.00. The van der Waals surface area contributed by atoms with Gasteiger partial charge in [0.05, 0.1) is 16.3 Å². The minimum absolute atomic E-state index is 0.00114. The number of nitrogens with one attached hydrogen (secondary N) is 1. The molecule has 0 aromatic carbocycles. The molecule has 0 bridgehead atoms. The number of rotatable bonds is 12. The summed E-state index contributed by atoms with van der Waals surface area (Å²) in [5, 5.41) is 21.1. The molecule has 0 saturated heterocycles. The van der Waals surface area contributed by atoms with Gasteiger partial charge in [-0.3, -0.25) is 25.2 Å². The second-order valence-corrected chi connectivity index (χ2v) is 5.95. The molecule has 0 fully saturated rings. The average molecular weight is 311 g/mol. The molecule has 0 aromatic heterocycles. The molecule has 0 unspecified atom stereocenters. The van der Waals surface area contributed by atoms with Gasteiger partial charge in [-0.25, -0.2) is 0 Å². The van der Waals surface area contributed by atoms with Gasteiger partial charge < -0.3 is 13.3 Å². The number of nitrogens with zero attached hydrogens (tertiary/aromatic N) is 2. The van der Waals surface area contributed by atoms with E-state index >= 15 is 0 Å². The van der Waals surface area contributed by atoms with E-state index in [0.717, 1.165) is 0 Å². The Bertz CT molecular complexity index is 287. The topological polar surface area (TPSA) is 126 Å². The lowest BCUT2D eigenvalue weighted by Crippen LogP contribution is -2.59. The third kappa shape index (κ3) is 6.34. The monoisotopic (exact) mass is 311 g/mol. The van der Waals surface area contributed by atoms with Crippen molar-refractivity contribution in [2.75, 3.05) is 26.4 Å². The number of hydrogen-bond donors (Lipinski definition) is 1. The van der Waals surface area contributed by atoms with Crippen LogP contribution in [0.4, 0.5) is 0 Å². The van der Waals surface area contributed by atoms with Gasteiger partial charge in [0.15, 0.2) is 0 Å². The quantitative estimate of drug-likeness (QED) is 0.237. The summed E-state index contributed by atoms with van der Waals surface area (Å²) >= 11 is 0. The fourth-order valence-corrected chi connectivity index (χ4v) is 3.64. The average Bonchev–Trinajstić information content (AvgIpc) is 2.34. The Kier molecular flexibility index (Phi) is 9.16. The van der Waals surface area contributed by atoms with Crippen LogP contribution >= 0.6 is 0 Å². The third-order valence-electron chi connectivity index (χ3n) is 2.23. The van der Waals surface area contributed by atoms with Crippen LogP contribution in [0.3, 0.4) is 0 Å². The van der Waals surface area contributed by atoms with Crippen molar-refractivity contribution in [1.29, 1.82) is 0 Å². The SMILES string of the molecule is CCO[Si](NCCC([N+](=O)[O-])[N+](=O)[O-])(OCC)OCC. The minimum atomic E-state index is -3.13. The Morgan fingerprint density at radius 3 is 1.70 bits per heavy atom. The molecular formula is C9H21N3O7Si. The van der Waals surface area contributed by atoms with Gasteiger partial charge >= 0.3 is 15.1 Å². The molecule has 0 aromatic rings. The highest BCUT2D eigenvalue weighted by molar-refractivity contribution is 6.57. The van der Waals surface area contributed by atoms with Gasteiger partial charge in [-0.05, 0) is 20.8 Å². The van der Waals surface area contributed by atoms with Gasteiger partial charge in [0.1, 0.15) is 0 Å². The van der Waals surface area contributed by atoms with Gasteiger partial charge in [-0.1, -0.05) is 0 Å². The standard InChI is InChI=1S/C9H21N3O7Si/c1-4-17-20(18-5-2,19-6-3)10-8-7-9(11(13)14)12(15)16/h9-10H,4-8H2,1-3H3. The van der Waals surface area contributed by atoms with Crippen LogP contribution in [0.5, 0.6) is 0 Å². The molecule has 0 aliphatic carbocycles. The molecule has 118 valence electrons. The van der Waals surface area contributed by atoms with Crippen molar-refractivity contribution in [3.63, 3.8) is 0 Å². The summed E-state index contributed by atoms with van der Waals surface area (Å²) in [6, 6.07) is 0. The zero-order valence-electron chi connectivity index (χ0n) is 11.9. The first-order valence-electron chi connectivity index (χ1n) is 6.36. The molecule has 11 heteroatoms. The number of hydrogen-bond acceptors (Lipinski definition) is 8. The first-order valence-corrected chi connectivity index (χ1v) is 8.08. The maximum absolute atomic E-state index is 10.5. The molecular weight excluding hydrogens is 290 g/mol. The van der Waals surface area contributed by atoms with Crippen molar-refractivity contribution in [3.05, 3.63) is 20.2 Å². The van der Waals surface area contributed by atoms with Crippen molar-refractivity contribution in [2.45, 2.75) is 33.4 Å². The zero-order valence-corrected chi connectivity index (χ0v) is 12.9. The van der Waals surface area contributed by atoms with E-state index in [4.69, 9.17) is 13.3 Å². The van der Waals surface area contributed by atoms with Gasteiger partial charge in [-0.15, -0.1) is 0 Å². The Labute approximate surface area is 118 Å². The van der Waals surface area contributed by atoms with Gasteiger partial charge in [0, 0.05) is 26.4 Å². The maximum atomic E-state index is 10.5. The van der Waals surface area contributed by atoms with Crippen molar-refractivity contribution in [2.24, 2.45) is 0 Å². The second kappa shape index (κ2) is 9.71. The molecule has 0 aliphatic heterocycles. The molecule has 0 rings (SSSR count). The predicted molar refractivity (Wildman–Crippen MR) is 71.0 cm³/mol. The summed E-state index contributed by atoms with van der Waals surface area (Å²) in [4.78, 5) is 22.0. The lowest BCUT2D eigenvalue weighted by Gasteiger charge is -2.28. The van der Waals surface area contributed by atoms with E-state index in [9.17, 15) is 20.2 Å². The van der Waals surface area contributed by atoms with Crippen LogP contribution in [0.1, 0.15) is 27.2 Å². The Hall–Kier alpha value is -1.14. The Morgan fingerprint density at radius 2 is 1.40 bits per heavy atom. The summed E-state index contributed by atoms with van der Waals surface area (Å²) in [5.74, 6) is 0. The highest BCUT2D eigenvalue weighted by Gasteiger charge is 2.42. The van der Waals surface area contributed by atoms with Crippen molar-refractivity contribution >= 4 is 8.97 Å². The van der Waals surface area contributed by atoms with E-state index in [2.05, 4.69) is 4.98 Å². The molecule has 0 spiro atoms.